The number of amides is 1. The SMILES string of the molecule is COC1C(Sc2cc(Cl)ccc2C(=O)N2CCC2)OC(CO)C(O)C1n1cc(-c2cc(F)c(Cl)c(F)c2)nn1. The Bertz CT molecular complexity index is 1350. The number of halogens is 4. The normalized spacial score (nSPS) is 25.0. The summed E-state index contributed by atoms with van der Waals surface area (Å²) in [6.07, 6.45) is -0.835. The molecule has 0 saturated carbocycles. The van der Waals surface area contributed by atoms with Crippen molar-refractivity contribution in [2.75, 3.05) is 26.8 Å². The molecule has 39 heavy (non-hydrogen) atoms. The van der Waals surface area contributed by atoms with Gasteiger partial charge in [-0.05, 0) is 36.8 Å². The Morgan fingerprint density at radius 2 is 1.95 bits per heavy atom. The van der Waals surface area contributed by atoms with Gasteiger partial charge in [-0.15, -0.1) is 5.10 Å². The lowest BCUT2D eigenvalue weighted by atomic mass is 9.97. The van der Waals surface area contributed by atoms with Crippen LogP contribution in [0.25, 0.3) is 11.3 Å². The van der Waals surface area contributed by atoms with E-state index in [9.17, 15) is 23.8 Å². The number of carbonyl (C=O) groups excluding carboxylic acids is 1. The predicted octanol–water partition coefficient (Wildman–Crippen LogP) is 3.80. The highest BCUT2D eigenvalue weighted by atomic mass is 35.5. The van der Waals surface area contributed by atoms with Crippen LogP contribution in [0.2, 0.25) is 10.0 Å². The third kappa shape index (κ3) is 5.51. The van der Waals surface area contributed by atoms with Crippen LogP contribution in [0.15, 0.2) is 41.4 Å². The van der Waals surface area contributed by atoms with Crippen molar-refractivity contribution in [3.8, 4) is 11.3 Å². The molecular weight excluding hydrogens is 577 g/mol. The average Bonchev–Trinajstić information content (AvgIpc) is 3.36. The maximum Gasteiger partial charge on any atom is 0.254 e. The minimum atomic E-state index is -1.29. The largest absolute Gasteiger partial charge is 0.394 e. The van der Waals surface area contributed by atoms with Crippen molar-refractivity contribution >= 4 is 40.9 Å². The second-order valence-electron chi connectivity index (χ2n) is 9.15. The van der Waals surface area contributed by atoms with Gasteiger partial charge in [0.2, 0.25) is 0 Å². The third-order valence-electron chi connectivity index (χ3n) is 6.75. The second-order valence-corrected chi connectivity index (χ2v) is 11.1. The first-order valence-electron chi connectivity index (χ1n) is 12.0. The number of aliphatic hydroxyl groups is 2. The summed E-state index contributed by atoms with van der Waals surface area (Å²) in [7, 11) is 1.42. The molecule has 2 fully saturated rings. The number of hydrogen-bond acceptors (Lipinski definition) is 8. The van der Waals surface area contributed by atoms with Crippen LogP contribution >= 0.6 is 35.0 Å². The molecule has 1 aromatic heterocycles. The molecule has 0 spiro atoms. The lowest BCUT2D eigenvalue weighted by Gasteiger charge is -2.43. The monoisotopic (exact) mass is 600 g/mol. The Hall–Kier alpha value is -2.32. The van der Waals surface area contributed by atoms with Crippen molar-refractivity contribution in [3.63, 3.8) is 0 Å². The standard InChI is InChI=1S/C25H24Cl2F2N4O5S/c1-37-23-21(33-10-17(30-31-33)12-7-15(28)20(27)16(29)8-12)22(35)18(11-34)38-25(23)39-19-9-13(26)3-4-14(19)24(36)32-5-2-6-32/h3-4,7-10,18,21-23,25,34-35H,2,5-6,11H2,1H3. The third-order valence-corrected chi connectivity index (χ3v) is 8.55. The van der Waals surface area contributed by atoms with Crippen LogP contribution in [-0.2, 0) is 9.47 Å². The summed E-state index contributed by atoms with van der Waals surface area (Å²) < 4.78 is 41.2. The number of ether oxygens (including phenoxy) is 2. The molecule has 9 nitrogen and oxygen atoms in total. The summed E-state index contributed by atoms with van der Waals surface area (Å²) in [5.74, 6) is -2.04. The van der Waals surface area contributed by atoms with Crippen LogP contribution in [-0.4, -0.2) is 86.6 Å². The molecule has 0 radical (unpaired) electrons. The van der Waals surface area contributed by atoms with Gasteiger partial charge in [-0.3, -0.25) is 4.79 Å². The molecule has 5 atom stereocenters. The van der Waals surface area contributed by atoms with Crippen LogP contribution in [0.1, 0.15) is 22.8 Å². The maximum absolute atomic E-state index is 14.0. The van der Waals surface area contributed by atoms with Crippen molar-refractivity contribution in [1.29, 1.82) is 0 Å². The highest BCUT2D eigenvalue weighted by molar-refractivity contribution is 8.00. The highest BCUT2D eigenvalue weighted by Crippen LogP contribution is 2.41. The van der Waals surface area contributed by atoms with E-state index in [0.717, 1.165) is 18.6 Å². The van der Waals surface area contributed by atoms with Gasteiger partial charge in [0.15, 0.2) is 0 Å². The van der Waals surface area contributed by atoms with Crippen molar-refractivity contribution in [2.24, 2.45) is 0 Å². The number of benzene rings is 2. The molecule has 2 aromatic carbocycles. The van der Waals surface area contributed by atoms with Crippen molar-refractivity contribution < 1.29 is 33.3 Å². The minimum absolute atomic E-state index is 0.0916. The maximum atomic E-state index is 14.0. The zero-order chi connectivity index (χ0) is 27.8. The molecule has 2 N–H and O–H groups in total. The fourth-order valence-corrected chi connectivity index (χ4v) is 6.23. The lowest BCUT2D eigenvalue weighted by molar-refractivity contribution is -0.186. The van der Waals surface area contributed by atoms with E-state index in [2.05, 4.69) is 10.3 Å². The molecule has 3 aromatic rings. The van der Waals surface area contributed by atoms with E-state index in [4.69, 9.17) is 32.7 Å². The van der Waals surface area contributed by atoms with Gasteiger partial charge in [-0.2, -0.15) is 0 Å². The van der Waals surface area contributed by atoms with E-state index >= 15 is 0 Å². The van der Waals surface area contributed by atoms with Gasteiger partial charge < -0.3 is 24.6 Å². The van der Waals surface area contributed by atoms with Crippen LogP contribution in [0, 0.1) is 11.6 Å². The van der Waals surface area contributed by atoms with Crippen molar-refractivity contribution in [1.82, 2.24) is 19.9 Å². The van der Waals surface area contributed by atoms with E-state index in [1.807, 2.05) is 0 Å². The first-order valence-corrected chi connectivity index (χ1v) is 13.6. The number of aromatic nitrogens is 3. The topological polar surface area (TPSA) is 110 Å². The Labute approximate surface area is 236 Å². The van der Waals surface area contributed by atoms with Gasteiger partial charge in [-0.1, -0.05) is 40.2 Å². The molecule has 14 heteroatoms. The van der Waals surface area contributed by atoms with Gasteiger partial charge in [0.1, 0.15) is 52.1 Å². The number of rotatable bonds is 7. The molecule has 3 heterocycles. The first kappa shape index (κ1) is 28.2. The van der Waals surface area contributed by atoms with Crippen molar-refractivity contribution in [3.05, 3.63) is 63.8 Å². The second kappa shape index (κ2) is 11.7. The molecular formula is C25H24Cl2F2N4O5S. The van der Waals surface area contributed by atoms with Gasteiger partial charge in [0.25, 0.3) is 5.91 Å². The van der Waals surface area contributed by atoms with Crippen LogP contribution in [0.3, 0.4) is 0 Å². The molecule has 0 aliphatic carbocycles. The first-order chi connectivity index (χ1) is 18.7. The molecule has 5 unspecified atom stereocenters. The number of nitrogens with zero attached hydrogens (tertiary/aromatic N) is 4. The smallest absolute Gasteiger partial charge is 0.254 e. The number of carbonyl (C=O) groups is 1. The fourth-order valence-electron chi connectivity index (χ4n) is 4.55. The molecule has 1 amide bonds. The summed E-state index contributed by atoms with van der Waals surface area (Å²) in [5, 5.41) is 28.9. The zero-order valence-electron chi connectivity index (χ0n) is 20.5. The zero-order valence-corrected chi connectivity index (χ0v) is 22.8. The number of hydrogen-bond donors (Lipinski definition) is 2. The summed E-state index contributed by atoms with van der Waals surface area (Å²) in [5.41, 5.74) is -0.158. The van der Waals surface area contributed by atoms with Crippen LogP contribution < -0.4 is 0 Å². The van der Waals surface area contributed by atoms with Gasteiger partial charge in [0, 0.05) is 35.7 Å². The van der Waals surface area contributed by atoms with E-state index < -0.39 is 53.1 Å². The molecule has 0 bridgehead atoms. The van der Waals surface area contributed by atoms with Gasteiger partial charge in [-0.25, -0.2) is 13.5 Å². The quantitative estimate of drug-likeness (QED) is 0.394. The van der Waals surface area contributed by atoms with E-state index in [-0.39, 0.29) is 17.2 Å². The Balaban J connectivity index is 1.47. The number of thioether (sulfide) groups is 1. The molecule has 2 saturated heterocycles. The van der Waals surface area contributed by atoms with Gasteiger partial charge in [0.05, 0.1) is 18.4 Å². The number of likely N-dealkylation sites (tertiary alicyclic amines) is 1. The molecule has 208 valence electrons. The summed E-state index contributed by atoms with van der Waals surface area (Å²) in [4.78, 5) is 15.3. The Morgan fingerprint density at radius 3 is 2.56 bits per heavy atom. The molecule has 2 aliphatic heterocycles. The summed E-state index contributed by atoms with van der Waals surface area (Å²) in [6.45, 7) is 0.821. The molecule has 5 rings (SSSR count). The lowest BCUT2D eigenvalue weighted by Crippen LogP contribution is -2.55. The highest BCUT2D eigenvalue weighted by Gasteiger charge is 2.48. The van der Waals surface area contributed by atoms with Crippen molar-refractivity contribution in [2.45, 2.75) is 41.1 Å². The Morgan fingerprint density at radius 1 is 1.23 bits per heavy atom. The van der Waals surface area contributed by atoms with Gasteiger partial charge >= 0.3 is 0 Å². The average molecular weight is 601 g/mol. The van der Waals surface area contributed by atoms with Crippen LogP contribution in [0.5, 0.6) is 0 Å². The minimum Gasteiger partial charge on any atom is -0.394 e. The fraction of sp³-hybridized carbons (Fsp3) is 0.400. The van der Waals surface area contributed by atoms with E-state index in [1.54, 1.807) is 23.1 Å². The summed E-state index contributed by atoms with van der Waals surface area (Å²) >= 11 is 13.0. The van der Waals surface area contributed by atoms with E-state index in [0.29, 0.717) is 28.6 Å². The molecule has 2 aliphatic rings. The van der Waals surface area contributed by atoms with Crippen LogP contribution in [0.4, 0.5) is 8.78 Å². The number of methoxy groups -OCH3 is 1. The summed E-state index contributed by atoms with van der Waals surface area (Å²) in [6, 6.07) is 6.07. The Kier molecular flexibility index (Phi) is 8.43. The number of aliphatic hydroxyl groups excluding tert-OH is 2. The van der Waals surface area contributed by atoms with E-state index in [1.165, 1.54) is 29.8 Å². The predicted molar refractivity (Wildman–Crippen MR) is 140 cm³/mol.